The van der Waals surface area contributed by atoms with Crippen LogP contribution in [-0.2, 0) is 22.4 Å². The Morgan fingerprint density at radius 2 is 1.33 bits per heavy atom. The van der Waals surface area contributed by atoms with E-state index in [4.69, 9.17) is 30.5 Å². The van der Waals surface area contributed by atoms with Crippen molar-refractivity contribution in [3.63, 3.8) is 0 Å². The third-order valence-electron chi connectivity index (χ3n) is 5.39. The number of likely N-dealkylation sites (tertiary alicyclic amines) is 1. The van der Waals surface area contributed by atoms with Crippen molar-refractivity contribution in [1.29, 1.82) is 0 Å². The second-order valence-corrected chi connectivity index (χ2v) is 7.74. The van der Waals surface area contributed by atoms with E-state index in [2.05, 4.69) is 4.99 Å². The van der Waals surface area contributed by atoms with E-state index in [-0.39, 0.29) is 12.3 Å². The smallest absolute Gasteiger partial charge is 0.276 e. The first-order valence-electron chi connectivity index (χ1n) is 10.4. The van der Waals surface area contributed by atoms with Crippen LogP contribution in [0.15, 0.2) is 41.4 Å². The highest BCUT2D eigenvalue weighted by molar-refractivity contribution is 6.63. The van der Waals surface area contributed by atoms with E-state index < -0.39 is 17.2 Å². The summed E-state index contributed by atoms with van der Waals surface area (Å²) in [6.07, 6.45) is 1.01. The maximum absolute atomic E-state index is 12.8. The third kappa shape index (κ3) is 5.39. The van der Waals surface area contributed by atoms with Crippen LogP contribution in [-0.4, -0.2) is 69.3 Å². The quantitative estimate of drug-likeness (QED) is 0.389. The Bertz CT molecular complexity index is 1060. The fraction of sp³-hybridized carbons (Fsp3) is 0.375. The molecule has 3 rings (SSSR count). The van der Waals surface area contributed by atoms with E-state index in [0.717, 1.165) is 16.0 Å². The van der Waals surface area contributed by atoms with Gasteiger partial charge in [-0.15, -0.1) is 11.6 Å². The van der Waals surface area contributed by atoms with E-state index in [1.807, 2.05) is 30.3 Å². The predicted molar refractivity (Wildman–Crippen MR) is 125 cm³/mol. The number of imide groups is 1. The molecule has 2 aromatic carbocycles. The van der Waals surface area contributed by atoms with Gasteiger partial charge in [-0.05, 0) is 48.2 Å². The van der Waals surface area contributed by atoms with Gasteiger partial charge in [-0.1, -0.05) is 12.1 Å². The summed E-state index contributed by atoms with van der Waals surface area (Å²) >= 11 is 6.24. The van der Waals surface area contributed by atoms with Crippen LogP contribution in [0.2, 0.25) is 0 Å². The van der Waals surface area contributed by atoms with Crippen molar-refractivity contribution in [2.45, 2.75) is 18.2 Å². The number of amides is 2. The average Bonchev–Trinajstić information content (AvgIpc) is 3.04. The van der Waals surface area contributed by atoms with Crippen LogP contribution in [0.5, 0.6) is 23.0 Å². The predicted octanol–water partition coefficient (Wildman–Crippen LogP) is 2.92. The molecule has 1 fully saturated rings. The average molecular weight is 475 g/mol. The van der Waals surface area contributed by atoms with Gasteiger partial charge >= 0.3 is 0 Å². The summed E-state index contributed by atoms with van der Waals surface area (Å²) in [4.78, 5) is 30.9. The van der Waals surface area contributed by atoms with Crippen LogP contribution in [0.3, 0.4) is 0 Å². The molecule has 1 unspecified atom stereocenters. The van der Waals surface area contributed by atoms with E-state index in [1.54, 1.807) is 34.5 Å². The van der Waals surface area contributed by atoms with Gasteiger partial charge < -0.3 is 18.9 Å². The standard InChI is InChI=1S/C24H27ClN2O6/c1-30-17-7-5-15(13-19(17)32-3)9-11-26-22-21(25)23(28)27(24(22)29)12-10-16-6-8-18(31-2)20(14-16)33-4/h5-8,13-14,21H,9-12H2,1-4H3. The van der Waals surface area contributed by atoms with Crippen molar-refractivity contribution in [1.82, 2.24) is 4.90 Å². The molecule has 0 saturated carbocycles. The Morgan fingerprint density at radius 3 is 1.85 bits per heavy atom. The van der Waals surface area contributed by atoms with Gasteiger partial charge in [-0.3, -0.25) is 19.5 Å². The van der Waals surface area contributed by atoms with Gasteiger partial charge in [-0.2, -0.15) is 0 Å². The zero-order valence-electron chi connectivity index (χ0n) is 19.1. The number of halogens is 1. The van der Waals surface area contributed by atoms with Crippen molar-refractivity contribution >= 4 is 29.1 Å². The van der Waals surface area contributed by atoms with Gasteiger partial charge in [0.15, 0.2) is 28.4 Å². The van der Waals surface area contributed by atoms with Gasteiger partial charge in [0, 0.05) is 13.1 Å². The largest absolute Gasteiger partial charge is 0.493 e. The van der Waals surface area contributed by atoms with Crippen LogP contribution in [0.1, 0.15) is 11.1 Å². The molecule has 1 atom stereocenters. The van der Waals surface area contributed by atoms with Crippen LogP contribution >= 0.6 is 11.6 Å². The number of aliphatic imine (C=N–C) groups is 1. The molecule has 2 aromatic rings. The van der Waals surface area contributed by atoms with E-state index >= 15 is 0 Å². The number of methoxy groups -OCH3 is 4. The van der Waals surface area contributed by atoms with E-state index in [9.17, 15) is 9.59 Å². The molecule has 0 aliphatic carbocycles. The number of ether oxygens (including phenoxy) is 4. The second-order valence-electron chi connectivity index (χ2n) is 7.30. The summed E-state index contributed by atoms with van der Waals surface area (Å²) in [6, 6.07) is 11.0. The van der Waals surface area contributed by atoms with Gasteiger partial charge in [0.1, 0.15) is 5.71 Å². The second kappa shape index (κ2) is 11.0. The summed E-state index contributed by atoms with van der Waals surface area (Å²) < 4.78 is 21.1. The molecular formula is C24H27ClN2O6. The maximum atomic E-state index is 12.8. The minimum absolute atomic E-state index is 0.0782. The SMILES string of the molecule is COc1ccc(CCN=C2C(=O)N(CCc3ccc(OC)c(OC)c3)C(=O)C2Cl)cc1OC. The topological polar surface area (TPSA) is 86.7 Å². The number of benzene rings is 2. The molecule has 9 heteroatoms. The number of carbonyl (C=O) groups excluding carboxylic acids is 2. The Morgan fingerprint density at radius 1 is 0.818 bits per heavy atom. The number of rotatable bonds is 10. The molecule has 1 saturated heterocycles. The molecule has 0 bridgehead atoms. The zero-order chi connectivity index (χ0) is 24.0. The molecule has 8 nitrogen and oxygen atoms in total. The summed E-state index contributed by atoms with van der Waals surface area (Å²) in [5, 5.41) is -1.08. The Labute approximate surface area is 198 Å². The van der Waals surface area contributed by atoms with Crippen LogP contribution in [0.4, 0.5) is 0 Å². The lowest BCUT2D eigenvalue weighted by Crippen LogP contribution is -2.33. The summed E-state index contributed by atoms with van der Waals surface area (Å²) in [5.41, 5.74) is 1.94. The lowest BCUT2D eigenvalue weighted by atomic mass is 10.1. The number of carbonyl (C=O) groups is 2. The van der Waals surface area contributed by atoms with Crippen LogP contribution in [0.25, 0.3) is 0 Å². The molecule has 176 valence electrons. The first kappa shape index (κ1) is 24.4. The monoisotopic (exact) mass is 474 g/mol. The fourth-order valence-corrected chi connectivity index (χ4v) is 3.86. The molecule has 0 N–H and O–H groups in total. The van der Waals surface area contributed by atoms with Crippen molar-refractivity contribution in [3.05, 3.63) is 47.5 Å². The number of hydrogen-bond acceptors (Lipinski definition) is 7. The molecule has 0 aromatic heterocycles. The molecule has 1 aliphatic heterocycles. The Balaban J connectivity index is 1.64. The molecule has 1 aliphatic rings. The minimum Gasteiger partial charge on any atom is -0.493 e. The van der Waals surface area contributed by atoms with Gasteiger partial charge in [-0.25, -0.2) is 0 Å². The first-order valence-corrected chi connectivity index (χ1v) is 10.8. The third-order valence-corrected chi connectivity index (χ3v) is 5.78. The minimum atomic E-state index is -1.08. The first-order chi connectivity index (χ1) is 15.9. The highest BCUT2D eigenvalue weighted by Crippen LogP contribution is 2.29. The normalized spacial score (nSPS) is 16.9. The highest BCUT2D eigenvalue weighted by atomic mass is 35.5. The Kier molecular flexibility index (Phi) is 8.16. The molecule has 0 spiro atoms. The maximum Gasteiger partial charge on any atom is 0.276 e. The van der Waals surface area contributed by atoms with Crippen LogP contribution in [0, 0.1) is 0 Å². The molecule has 1 heterocycles. The van der Waals surface area contributed by atoms with Crippen molar-refractivity contribution in [2.24, 2.45) is 4.99 Å². The van der Waals surface area contributed by atoms with Crippen molar-refractivity contribution in [3.8, 4) is 23.0 Å². The lowest BCUT2D eigenvalue weighted by Gasteiger charge is -2.14. The molecule has 0 radical (unpaired) electrons. The summed E-state index contributed by atoms with van der Waals surface area (Å²) in [5.74, 6) is 1.54. The van der Waals surface area contributed by atoms with Gasteiger partial charge in [0.2, 0.25) is 0 Å². The highest BCUT2D eigenvalue weighted by Gasteiger charge is 2.43. The summed E-state index contributed by atoms with van der Waals surface area (Å²) in [6.45, 7) is 0.516. The van der Waals surface area contributed by atoms with Crippen molar-refractivity contribution in [2.75, 3.05) is 41.5 Å². The van der Waals surface area contributed by atoms with Crippen LogP contribution < -0.4 is 18.9 Å². The molecular weight excluding hydrogens is 448 g/mol. The summed E-state index contributed by atoms with van der Waals surface area (Å²) in [7, 11) is 6.26. The zero-order valence-corrected chi connectivity index (χ0v) is 19.8. The van der Waals surface area contributed by atoms with Gasteiger partial charge in [0.05, 0.1) is 28.4 Å². The Hall–Kier alpha value is -3.26. The number of nitrogens with zero attached hydrogens (tertiary/aromatic N) is 2. The number of hydrogen-bond donors (Lipinski definition) is 0. The van der Waals surface area contributed by atoms with Gasteiger partial charge in [0.25, 0.3) is 11.8 Å². The van der Waals surface area contributed by atoms with E-state index in [0.29, 0.717) is 42.4 Å². The van der Waals surface area contributed by atoms with Crippen molar-refractivity contribution < 1.29 is 28.5 Å². The number of alkyl halides is 1. The fourth-order valence-electron chi connectivity index (χ4n) is 3.58. The molecule has 33 heavy (non-hydrogen) atoms. The molecule has 2 amide bonds. The van der Waals surface area contributed by atoms with E-state index in [1.165, 1.54) is 0 Å². The lowest BCUT2D eigenvalue weighted by molar-refractivity contribution is -0.136.